The molecule has 0 aliphatic carbocycles. The zero-order valence-corrected chi connectivity index (χ0v) is 60.9. The molecule has 0 spiro atoms. The number of halogens is 14. The quantitative estimate of drug-likeness (QED) is 0.0107. The Labute approximate surface area is 646 Å². The highest BCUT2D eigenvalue weighted by atomic mass is 35.5. The molecular formula is C72H54Cl6F8N8O16. The van der Waals surface area contributed by atoms with Crippen LogP contribution in [0.25, 0.3) is 0 Å². The fraction of sp³-hybridized carbons (Fsp3) is 0.0833. The summed E-state index contributed by atoms with van der Waals surface area (Å²) in [4.78, 5) is 88.8. The molecule has 576 valence electrons. The van der Waals surface area contributed by atoms with E-state index in [-0.39, 0.29) is 93.7 Å². The van der Waals surface area contributed by atoms with Gasteiger partial charge in [-0.05, 0) is 172 Å². The van der Waals surface area contributed by atoms with Crippen molar-refractivity contribution >= 4 is 149 Å². The molecule has 12 N–H and O–H groups in total. The van der Waals surface area contributed by atoms with E-state index in [2.05, 4.69) is 21.3 Å². The van der Waals surface area contributed by atoms with Gasteiger partial charge >= 0.3 is 0 Å². The minimum atomic E-state index is -1.21. The molecular weight excluding hydrogens is 1600 g/mol. The first kappa shape index (κ1) is 88.4. The second-order valence-corrected chi connectivity index (χ2v) is 24.4. The van der Waals surface area contributed by atoms with Crippen LogP contribution in [0.4, 0.5) is 80.6 Å². The van der Waals surface area contributed by atoms with Gasteiger partial charge in [0, 0.05) is 34.4 Å². The van der Waals surface area contributed by atoms with E-state index in [0.29, 0.717) is 17.6 Å². The average Bonchev–Trinajstić information content (AvgIpc) is 0.828. The number of nitrogens with two attached hydrogens (primary N) is 2. The van der Waals surface area contributed by atoms with Gasteiger partial charge in [-0.1, -0.05) is 81.8 Å². The Balaban J connectivity index is 0.000000247. The van der Waals surface area contributed by atoms with Crippen LogP contribution in [-0.2, 0) is 9.59 Å². The Morgan fingerprint density at radius 1 is 0.391 bits per heavy atom. The number of phenolic OH excluding ortho intramolecular Hbond substituents is 4. The van der Waals surface area contributed by atoms with Crippen molar-refractivity contribution in [3.8, 4) is 34.5 Å². The Hall–Kier alpha value is -12.2. The van der Waals surface area contributed by atoms with Crippen molar-refractivity contribution in [2.24, 2.45) is 0 Å². The number of anilines is 6. The van der Waals surface area contributed by atoms with Gasteiger partial charge in [0.25, 0.3) is 45.5 Å². The number of hydrogen-bond donors (Lipinski definition) is 10. The molecule has 0 aliphatic heterocycles. The van der Waals surface area contributed by atoms with Crippen molar-refractivity contribution in [3.63, 3.8) is 0 Å². The zero-order chi connectivity index (χ0) is 82.3. The number of nitro groups is 2. The van der Waals surface area contributed by atoms with E-state index in [1.807, 2.05) is 50.2 Å². The number of benzene rings is 10. The highest BCUT2D eigenvalue weighted by molar-refractivity contribution is 6.67. The lowest BCUT2D eigenvalue weighted by Gasteiger charge is -2.16. The summed E-state index contributed by atoms with van der Waals surface area (Å²) >= 11 is 33.3. The van der Waals surface area contributed by atoms with Gasteiger partial charge in [0.1, 0.15) is 44.5 Å². The monoisotopic (exact) mass is 1650 g/mol. The smallest absolute Gasteiger partial charge is 0.291 e. The molecule has 0 aromatic heterocycles. The second kappa shape index (κ2) is 40.7. The van der Waals surface area contributed by atoms with Crippen molar-refractivity contribution in [3.05, 3.63) is 290 Å². The van der Waals surface area contributed by atoms with E-state index >= 15 is 0 Å². The Morgan fingerprint density at radius 2 is 0.718 bits per heavy atom. The average molecular weight is 1650 g/mol. The summed E-state index contributed by atoms with van der Waals surface area (Å²) in [6.45, 7) is 7.09. The van der Waals surface area contributed by atoms with Gasteiger partial charge in [0.05, 0.1) is 66.1 Å². The summed E-state index contributed by atoms with van der Waals surface area (Å²) in [5.74, 6) is -12.2. The number of ether oxygens (including phenoxy) is 2. The normalized spacial score (nSPS) is 10.8. The summed E-state index contributed by atoms with van der Waals surface area (Å²) in [6, 6.07) is 33.8. The number of phenols is 4. The molecule has 4 amide bonds. The number of nitrogens with one attached hydrogen (secondary N) is 4. The fourth-order valence-electron chi connectivity index (χ4n) is 8.02. The van der Waals surface area contributed by atoms with Crippen molar-refractivity contribution in [1.82, 2.24) is 0 Å². The first-order chi connectivity index (χ1) is 51.5. The SMILES string of the molecule is Cc1ccc(OC(C)C(=O)Cl)cc1.Cc1ccc(OC(C)C(=O)Nc2cc(O)c(NC(=O)c3ccc(F)c(F)c3)cc2Cl)cc1.Nc1cc(Cl)c([N+](=O)[O-])cc1O.Nc1cc(O)c(NC(=O)c2ccc(F)c(F)c2)cc1Cl.O=C(Cl)c1ccc(F)c(F)c1.O=C(Nc1cc(Cl)c([N+](=O)[O-])cc1O)c1ccc(F)c(F)c1. The van der Waals surface area contributed by atoms with Gasteiger partial charge in [0.15, 0.2) is 58.7 Å². The van der Waals surface area contributed by atoms with Gasteiger partial charge < -0.3 is 62.6 Å². The van der Waals surface area contributed by atoms with Crippen LogP contribution < -0.4 is 42.2 Å². The minimum Gasteiger partial charge on any atom is -0.506 e. The summed E-state index contributed by atoms with van der Waals surface area (Å²) in [6.07, 6.45) is -1.45. The lowest BCUT2D eigenvalue weighted by atomic mass is 10.2. The molecule has 0 fully saturated rings. The Kier molecular flexibility index (Phi) is 32.7. The number of aryl methyl sites for hydroxylation is 2. The number of nitrogens with zero attached hydrogens (tertiary/aromatic N) is 2. The predicted molar refractivity (Wildman–Crippen MR) is 396 cm³/mol. The minimum absolute atomic E-state index is 0.0129. The largest absolute Gasteiger partial charge is 0.506 e. The van der Waals surface area contributed by atoms with Crippen LogP contribution in [0.15, 0.2) is 170 Å². The summed E-state index contributed by atoms with van der Waals surface area (Å²) in [5, 5.41) is 67.3. The Bertz CT molecular complexity index is 5120. The summed E-state index contributed by atoms with van der Waals surface area (Å²) < 4.78 is 113. The zero-order valence-electron chi connectivity index (χ0n) is 56.3. The Morgan fingerprint density at radius 3 is 1.09 bits per heavy atom. The lowest BCUT2D eigenvalue weighted by molar-refractivity contribution is -0.384. The predicted octanol–water partition coefficient (Wildman–Crippen LogP) is 18.3. The fourth-order valence-corrected chi connectivity index (χ4v) is 9.03. The maximum Gasteiger partial charge on any atom is 0.291 e. The number of carbonyl (C=O) groups is 6. The topological polar surface area (TPSA) is 388 Å². The number of nitrogen functional groups attached to an aromatic ring is 2. The molecule has 10 aromatic carbocycles. The van der Waals surface area contributed by atoms with Gasteiger partial charge in [-0.15, -0.1) is 0 Å². The van der Waals surface area contributed by atoms with Crippen LogP contribution in [0.3, 0.4) is 0 Å². The lowest BCUT2D eigenvalue weighted by Crippen LogP contribution is -2.30. The van der Waals surface area contributed by atoms with E-state index in [0.717, 1.165) is 108 Å². The van der Waals surface area contributed by atoms with E-state index in [9.17, 15) is 99.4 Å². The third kappa shape index (κ3) is 26.6. The maximum atomic E-state index is 13.3. The van der Waals surface area contributed by atoms with Crippen LogP contribution in [0.5, 0.6) is 34.5 Å². The molecule has 2 unspecified atom stereocenters. The van der Waals surface area contributed by atoms with Crippen LogP contribution in [0.2, 0.25) is 20.1 Å². The van der Waals surface area contributed by atoms with Crippen LogP contribution >= 0.6 is 69.6 Å². The standard InChI is InChI=1S/C23H19ClF2N2O4.C13H7ClF2N2O4.C13H9ClF2N2O2.C10H11ClO2.C7H3ClF2O.C6H5ClN2O3/c1-12-3-6-15(7-4-12)32-13(2)22(30)27-19-11-21(29)20(10-16(19)24)28-23(31)14-5-8-17(25)18(26)9-14;14-7-4-10(12(19)5-11(7)18(21)22)17-13(20)6-1-2-8(15)9(16)3-6;14-7-4-11(12(19)5-10(7)17)18-13(20)6-1-2-8(15)9(16)3-6;1-7-3-5-9(6-4-7)13-8(2)10(11)12;8-7(11)4-1-2-5(9)6(10)3-4;7-3-1-4(8)6(10)2-5(3)9(11)12/h3-11,13,29H,1-2H3,(H,27,30)(H,28,31);1-5,19H,(H,17,20);1-5,19H,17H2,(H,18,20);3-6,8H,1-2H3;1-3H;1-2,10H,8H2. The maximum absolute atomic E-state index is 13.3. The molecule has 24 nitrogen and oxygen atoms in total. The molecule has 10 rings (SSSR count). The van der Waals surface area contributed by atoms with Gasteiger partial charge in [-0.25, -0.2) is 35.1 Å². The first-order valence-electron chi connectivity index (χ1n) is 30.3. The molecule has 0 saturated heterocycles. The third-order valence-corrected chi connectivity index (χ3v) is 15.6. The number of amides is 4. The van der Waals surface area contributed by atoms with E-state index in [4.69, 9.17) is 95.7 Å². The molecule has 0 bridgehead atoms. The van der Waals surface area contributed by atoms with Crippen molar-refractivity contribution in [2.75, 3.05) is 32.7 Å². The van der Waals surface area contributed by atoms with Crippen LogP contribution in [0, 0.1) is 80.6 Å². The number of carbonyl (C=O) groups excluding carboxylic acids is 6. The first-order valence-corrected chi connectivity index (χ1v) is 32.6. The summed E-state index contributed by atoms with van der Waals surface area (Å²) in [7, 11) is 0. The van der Waals surface area contributed by atoms with E-state index < -0.39 is 120 Å². The molecule has 0 radical (unpaired) electrons. The highest BCUT2D eigenvalue weighted by Gasteiger charge is 2.23. The number of nitro benzene ring substituents is 2. The second-order valence-electron chi connectivity index (χ2n) is 22.0. The molecule has 110 heavy (non-hydrogen) atoms. The van der Waals surface area contributed by atoms with Crippen LogP contribution in [0.1, 0.15) is 66.4 Å². The molecule has 0 heterocycles. The van der Waals surface area contributed by atoms with Gasteiger partial charge in [-0.3, -0.25) is 49.0 Å². The molecule has 2 atom stereocenters. The van der Waals surface area contributed by atoms with E-state index in [1.54, 1.807) is 26.0 Å². The van der Waals surface area contributed by atoms with Gasteiger partial charge in [-0.2, -0.15) is 0 Å². The third-order valence-electron chi connectivity index (χ3n) is 13.8. The van der Waals surface area contributed by atoms with Crippen molar-refractivity contribution < 1.29 is 104 Å². The molecule has 0 aliphatic rings. The molecule has 38 heteroatoms. The van der Waals surface area contributed by atoms with Crippen molar-refractivity contribution in [2.45, 2.75) is 39.9 Å². The van der Waals surface area contributed by atoms with Crippen molar-refractivity contribution in [1.29, 1.82) is 0 Å². The van der Waals surface area contributed by atoms with E-state index in [1.165, 1.54) is 18.2 Å². The highest BCUT2D eigenvalue weighted by Crippen LogP contribution is 2.38. The molecule has 10 aromatic rings. The molecule has 0 saturated carbocycles. The van der Waals surface area contributed by atoms with Crippen LogP contribution in [-0.4, -0.2) is 76.6 Å². The number of hydrogen-bond acceptors (Lipinski definition) is 18. The van der Waals surface area contributed by atoms with Gasteiger partial charge in [0.2, 0.25) is 0 Å². The number of rotatable bonds is 16. The number of aromatic hydroxyl groups is 4. The summed E-state index contributed by atoms with van der Waals surface area (Å²) in [5.41, 5.74) is 11.5.